The molecule has 4 rings (SSSR count). The Balaban J connectivity index is 1.39. The minimum atomic E-state index is -1.06. The first-order valence-corrected chi connectivity index (χ1v) is 11.6. The standard InChI is InChI=1S/C26H29N5O5/c1-35-19-8-9-21-20(16-19)22(10-13-27-21)30-25(34)31-14-11-26(12-15-31,24(33)36-2)28-17-23(32)29-18-6-4-3-5-7-18/h3-10,13,16,28H,11-12,14-15,17H2,1-2H3,(H,29,32)(H,27,30,34). The van der Waals surface area contributed by atoms with Crippen LogP contribution >= 0.6 is 0 Å². The number of hydrogen-bond donors (Lipinski definition) is 3. The number of hydrogen-bond acceptors (Lipinski definition) is 7. The molecule has 0 bridgehead atoms. The quantitative estimate of drug-likeness (QED) is 0.434. The van der Waals surface area contributed by atoms with E-state index >= 15 is 0 Å². The second-order valence-electron chi connectivity index (χ2n) is 8.50. The van der Waals surface area contributed by atoms with Crippen molar-refractivity contribution in [3.63, 3.8) is 0 Å². The van der Waals surface area contributed by atoms with Crippen LogP contribution in [0.15, 0.2) is 60.8 Å². The Hall–Kier alpha value is -4.18. The fraction of sp³-hybridized carbons (Fsp3) is 0.308. The maximum Gasteiger partial charge on any atom is 0.326 e. The van der Waals surface area contributed by atoms with Crippen molar-refractivity contribution in [1.82, 2.24) is 15.2 Å². The number of nitrogens with zero attached hydrogens (tertiary/aromatic N) is 2. The molecular formula is C26H29N5O5. The van der Waals surface area contributed by atoms with Crippen LogP contribution in [0.5, 0.6) is 5.75 Å². The van der Waals surface area contributed by atoms with E-state index in [0.29, 0.717) is 43.1 Å². The summed E-state index contributed by atoms with van der Waals surface area (Å²) >= 11 is 0. The number of fused-ring (bicyclic) bond motifs is 1. The van der Waals surface area contributed by atoms with Crippen LogP contribution in [0.25, 0.3) is 10.9 Å². The molecule has 0 spiro atoms. The lowest BCUT2D eigenvalue weighted by Gasteiger charge is -2.40. The van der Waals surface area contributed by atoms with Crippen LogP contribution in [-0.4, -0.2) is 67.2 Å². The molecule has 10 heteroatoms. The molecule has 1 saturated heterocycles. The van der Waals surface area contributed by atoms with Gasteiger partial charge >= 0.3 is 12.0 Å². The largest absolute Gasteiger partial charge is 0.497 e. The van der Waals surface area contributed by atoms with Gasteiger partial charge in [0.2, 0.25) is 5.91 Å². The third-order valence-corrected chi connectivity index (χ3v) is 6.32. The van der Waals surface area contributed by atoms with Crippen LogP contribution in [0, 0.1) is 0 Å². The number of para-hydroxylation sites is 1. The summed E-state index contributed by atoms with van der Waals surface area (Å²) in [6, 6.07) is 16.0. The second kappa shape index (κ2) is 11.0. The van der Waals surface area contributed by atoms with Crippen molar-refractivity contribution >= 4 is 40.2 Å². The van der Waals surface area contributed by atoms with Crippen molar-refractivity contribution in [3.8, 4) is 5.75 Å². The number of piperidine rings is 1. The van der Waals surface area contributed by atoms with E-state index in [1.54, 1.807) is 36.4 Å². The molecule has 1 fully saturated rings. The minimum Gasteiger partial charge on any atom is -0.497 e. The van der Waals surface area contributed by atoms with Gasteiger partial charge in [-0.2, -0.15) is 0 Å². The van der Waals surface area contributed by atoms with Crippen LogP contribution in [0.4, 0.5) is 16.2 Å². The van der Waals surface area contributed by atoms with E-state index < -0.39 is 11.5 Å². The molecule has 10 nitrogen and oxygen atoms in total. The Morgan fingerprint density at radius 1 is 1.00 bits per heavy atom. The summed E-state index contributed by atoms with van der Waals surface area (Å²) in [6.45, 7) is 0.544. The predicted octanol–water partition coefficient (Wildman–Crippen LogP) is 3.01. The lowest BCUT2D eigenvalue weighted by atomic mass is 9.87. The first kappa shape index (κ1) is 24.9. The number of rotatable bonds is 7. The maximum absolute atomic E-state index is 13.0. The number of methoxy groups -OCH3 is 2. The van der Waals surface area contributed by atoms with E-state index in [4.69, 9.17) is 9.47 Å². The summed E-state index contributed by atoms with van der Waals surface area (Å²) < 4.78 is 10.3. The van der Waals surface area contributed by atoms with E-state index in [1.807, 2.05) is 36.4 Å². The molecule has 0 unspecified atom stereocenters. The number of nitrogens with one attached hydrogen (secondary N) is 3. The van der Waals surface area contributed by atoms with E-state index in [2.05, 4.69) is 20.9 Å². The van der Waals surface area contributed by atoms with Gasteiger partial charge in [-0.05, 0) is 49.2 Å². The summed E-state index contributed by atoms with van der Waals surface area (Å²) in [6.07, 6.45) is 2.24. The lowest BCUT2D eigenvalue weighted by molar-refractivity contribution is -0.150. The number of ether oxygens (including phenoxy) is 2. The first-order chi connectivity index (χ1) is 17.4. The number of likely N-dealkylation sites (tertiary alicyclic amines) is 1. The second-order valence-corrected chi connectivity index (χ2v) is 8.50. The maximum atomic E-state index is 13.0. The van der Waals surface area contributed by atoms with Crippen LogP contribution in [0.1, 0.15) is 12.8 Å². The summed E-state index contributed by atoms with van der Waals surface area (Å²) in [7, 11) is 2.90. The molecular weight excluding hydrogens is 462 g/mol. The number of carbonyl (C=O) groups excluding carboxylic acids is 3. The Bertz CT molecular complexity index is 1240. The fourth-order valence-corrected chi connectivity index (χ4v) is 4.27. The monoisotopic (exact) mass is 491 g/mol. The van der Waals surface area contributed by atoms with Gasteiger partial charge in [0.05, 0.1) is 32.0 Å². The lowest BCUT2D eigenvalue weighted by Crippen LogP contribution is -2.61. The Morgan fingerprint density at radius 3 is 2.44 bits per heavy atom. The average Bonchev–Trinajstić information content (AvgIpc) is 2.92. The number of anilines is 2. The molecule has 0 radical (unpaired) electrons. The highest BCUT2D eigenvalue weighted by atomic mass is 16.5. The number of amides is 3. The highest BCUT2D eigenvalue weighted by Gasteiger charge is 2.43. The highest BCUT2D eigenvalue weighted by molar-refractivity contribution is 6.00. The Labute approximate surface area is 209 Å². The third-order valence-electron chi connectivity index (χ3n) is 6.32. The van der Waals surface area contributed by atoms with Gasteiger partial charge in [-0.3, -0.25) is 19.9 Å². The van der Waals surface area contributed by atoms with Crippen molar-refractivity contribution in [3.05, 3.63) is 60.8 Å². The summed E-state index contributed by atoms with van der Waals surface area (Å²) in [5, 5.41) is 9.58. The van der Waals surface area contributed by atoms with Gasteiger partial charge in [0.15, 0.2) is 0 Å². The number of pyridine rings is 1. The van der Waals surface area contributed by atoms with E-state index in [0.717, 1.165) is 10.9 Å². The van der Waals surface area contributed by atoms with Gasteiger partial charge in [0, 0.05) is 30.4 Å². The molecule has 1 aromatic heterocycles. The zero-order chi connectivity index (χ0) is 25.5. The van der Waals surface area contributed by atoms with Gasteiger partial charge in [0.1, 0.15) is 11.3 Å². The number of urea groups is 1. The van der Waals surface area contributed by atoms with Gasteiger partial charge in [0.25, 0.3) is 0 Å². The molecule has 0 saturated carbocycles. The fourth-order valence-electron chi connectivity index (χ4n) is 4.27. The molecule has 3 N–H and O–H groups in total. The molecule has 36 heavy (non-hydrogen) atoms. The van der Waals surface area contributed by atoms with Gasteiger partial charge in [-0.1, -0.05) is 18.2 Å². The molecule has 1 aliphatic rings. The summed E-state index contributed by atoms with van der Waals surface area (Å²) in [4.78, 5) is 44.1. The SMILES string of the molecule is COC(=O)C1(NCC(=O)Nc2ccccc2)CCN(C(=O)Nc2ccnc3ccc(OC)cc23)CC1. The first-order valence-electron chi connectivity index (χ1n) is 11.6. The number of benzene rings is 2. The normalized spacial score (nSPS) is 14.7. The average molecular weight is 492 g/mol. The molecule has 1 aliphatic heterocycles. The van der Waals surface area contributed by atoms with E-state index in [9.17, 15) is 14.4 Å². The summed E-state index contributed by atoms with van der Waals surface area (Å²) in [5.74, 6) is -0.0684. The number of carbonyl (C=O) groups is 3. The smallest absolute Gasteiger partial charge is 0.326 e. The highest BCUT2D eigenvalue weighted by Crippen LogP contribution is 2.28. The zero-order valence-electron chi connectivity index (χ0n) is 20.2. The molecule has 3 aromatic rings. The number of esters is 1. The molecule has 2 heterocycles. The van der Waals surface area contributed by atoms with E-state index in [-0.39, 0.29) is 18.5 Å². The van der Waals surface area contributed by atoms with Crippen molar-refractivity contribution in [2.45, 2.75) is 18.4 Å². The molecule has 2 aromatic carbocycles. The minimum absolute atomic E-state index is 0.0684. The molecule has 0 aliphatic carbocycles. The Morgan fingerprint density at radius 2 is 1.75 bits per heavy atom. The van der Waals surface area contributed by atoms with Gasteiger partial charge in [-0.15, -0.1) is 0 Å². The van der Waals surface area contributed by atoms with Gasteiger partial charge < -0.3 is 25.0 Å². The number of aromatic nitrogens is 1. The third kappa shape index (κ3) is 5.55. The molecule has 0 atom stereocenters. The van der Waals surface area contributed by atoms with Gasteiger partial charge in [-0.25, -0.2) is 4.79 Å². The summed E-state index contributed by atoms with van der Waals surface area (Å²) in [5.41, 5.74) is 0.958. The zero-order valence-corrected chi connectivity index (χ0v) is 20.2. The molecule has 188 valence electrons. The topological polar surface area (TPSA) is 122 Å². The van der Waals surface area contributed by atoms with Crippen molar-refractivity contribution in [2.24, 2.45) is 0 Å². The van der Waals surface area contributed by atoms with Crippen LogP contribution in [-0.2, 0) is 14.3 Å². The van der Waals surface area contributed by atoms with Crippen LogP contribution < -0.4 is 20.7 Å². The van der Waals surface area contributed by atoms with Crippen molar-refractivity contribution < 1.29 is 23.9 Å². The molecule has 3 amide bonds. The predicted molar refractivity (Wildman–Crippen MR) is 136 cm³/mol. The van der Waals surface area contributed by atoms with Crippen LogP contribution in [0.2, 0.25) is 0 Å². The van der Waals surface area contributed by atoms with Crippen molar-refractivity contribution in [1.29, 1.82) is 0 Å². The van der Waals surface area contributed by atoms with Crippen molar-refractivity contribution in [2.75, 3.05) is 44.5 Å². The van der Waals surface area contributed by atoms with Crippen LogP contribution in [0.3, 0.4) is 0 Å². The van der Waals surface area contributed by atoms with E-state index in [1.165, 1.54) is 7.11 Å². The Kier molecular flexibility index (Phi) is 7.65.